The molecule has 0 saturated carbocycles. The molecule has 3 nitrogen and oxygen atoms in total. The quantitative estimate of drug-likeness (QED) is 0.666. The number of rotatable bonds is 0. The molecule has 2 heterocycles. The minimum atomic E-state index is 0.101. The van der Waals surface area contributed by atoms with Gasteiger partial charge in [-0.3, -0.25) is 14.7 Å². The number of fused-ring (bicyclic) bond motifs is 2. The van der Waals surface area contributed by atoms with Gasteiger partial charge in [0.15, 0.2) is 5.17 Å². The minimum Gasteiger partial charge on any atom is -0.285 e. The number of nitrogens with zero attached hydrogens (tertiary/aromatic N) is 2. The van der Waals surface area contributed by atoms with E-state index in [1.54, 1.807) is 16.7 Å². The lowest BCUT2D eigenvalue weighted by molar-refractivity contribution is 0.0855. The van der Waals surface area contributed by atoms with Crippen molar-refractivity contribution < 1.29 is 4.79 Å². The molecule has 0 spiro atoms. The van der Waals surface area contributed by atoms with E-state index in [0.717, 1.165) is 34.3 Å². The van der Waals surface area contributed by atoms with Crippen LogP contribution in [-0.4, -0.2) is 29.1 Å². The number of hydrogen-bond donors (Lipinski definition) is 0. The monoisotopic (exact) mass is 218 g/mol. The van der Waals surface area contributed by atoms with Crippen molar-refractivity contribution in [1.29, 1.82) is 0 Å². The van der Waals surface area contributed by atoms with Crippen LogP contribution in [0.5, 0.6) is 0 Å². The minimum absolute atomic E-state index is 0.101. The van der Waals surface area contributed by atoms with Gasteiger partial charge in [0.1, 0.15) is 0 Å². The average Bonchev–Trinajstić information content (AvgIpc) is 2.68. The number of aliphatic imine (C=N–C) groups is 1. The third kappa shape index (κ3) is 1.28. The molecule has 1 aromatic carbocycles. The van der Waals surface area contributed by atoms with Gasteiger partial charge >= 0.3 is 0 Å². The predicted molar refractivity (Wildman–Crippen MR) is 60.4 cm³/mol. The van der Waals surface area contributed by atoms with Crippen molar-refractivity contribution >= 4 is 22.8 Å². The third-order valence-electron chi connectivity index (χ3n) is 2.61. The Morgan fingerprint density at radius 2 is 2.33 bits per heavy atom. The maximum Gasteiger partial charge on any atom is 0.261 e. The lowest BCUT2D eigenvalue weighted by Gasteiger charge is -2.24. The van der Waals surface area contributed by atoms with Crippen LogP contribution in [0.15, 0.2) is 28.1 Å². The lowest BCUT2D eigenvalue weighted by Crippen LogP contribution is -2.36. The molecule has 1 amide bonds. The van der Waals surface area contributed by atoms with Gasteiger partial charge < -0.3 is 0 Å². The van der Waals surface area contributed by atoms with Crippen molar-refractivity contribution in [3.05, 3.63) is 29.3 Å². The number of amides is 1. The third-order valence-corrected chi connectivity index (χ3v) is 3.72. The summed E-state index contributed by atoms with van der Waals surface area (Å²) in [6.45, 7) is 3.47. The summed E-state index contributed by atoms with van der Waals surface area (Å²) in [4.78, 5) is 19.2. The summed E-state index contributed by atoms with van der Waals surface area (Å²) < 4.78 is 0. The maximum absolute atomic E-state index is 12.1. The van der Waals surface area contributed by atoms with Gasteiger partial charge in [0.2, 0.25) is 0 Å². The molecule has 0 atom stereocenters. The summed E-state index contributed by atoms with van der Waals surface area (Å²) in [7, 11) is 0. The number of thioether (sulfide) groups is 1. The van der Waals surface area contributed by atoms with Crippen LogP contribution in [0, 0.1) is 6.92 Å². The Kier molecular flexibility index (Phi) is 1.85. The van der Waals surface area contributed by atoms with Crippen molar-refractivity contribution in [3.8, 4) is 0 Å². The molecule has 1 aromatic rings. The van der Waals surface area contributed by atoms with Crippen LogP contribution in [-0.2, 0) is 0 Å². The van der Waals surface area contributed by atoms with Crippen LogP contribution >= 0.6 is 11.8 Å². The van der Waals surface area contributed by atoms with E-state index in [2.05, 4.69) is 4.99 Å². The second kappa shape index (κ2) is 3.10. The SMILES string of the molecule is Cc1ccc2c(c1)C(=O)N1CCN=C1S2. The Labute approximate surface area is 92.2 Å². The van der Waals surface area contributed by atoms with E-state index in [4.69, 9.17) is 0 Å². The lowest BCUT2D eigenvalue weighted by atomic mass is 10.1. The first-order valence-corrected chi connectivity index (χ1v) is 5.72. The first-order valence-electron chi connectivity index (χ1n) is 4.90. The van der Waals surface area contributed by atoms with Crippen LogP contribution in [0.2, 0.25) is 0 Å². The molecular formula is C11H10N2OS. The molecule has 3 rings (SSSR count). The summed E-state index contributed by atoms with van der Waals surface area (Å²) in [6, 6.07) is 6.00. The molecule has 76 valence electrons. The topological polar surface area (TPSA) is 32.7 Å². The summed E-state index contributed by atoms with van der Waals surface area (Å²) >= 11 is 1.60. The van der Waals surface area contributed by atoms with Crippen molar-refractivity contribution in [2.75, 3.05) is 13.1 Å². The molecule has 15 heavy (non-hydrogen) atoms. The second-order valence-electron chi connectivity index (χ2n) is 3.72. The highest BCUT2D eigenvalue weighted by Gasteiger charge is 2.32. The van der Waals surface area contributed by atoms with E-state index in [1.165, 1.54) is 0 Å². The van der Waals surface area contributed by atoms with Gasteiger partial charge in [0.25, 0.3) is 5.91 Å². The van der Waals surface area contributed by atoms with E-state index in [-0.39, 0.29) is 5.91 Å². The fourth-order valence-electron chi connectivity index (χ4n) is 1.85. The number of hydrogen-bond acceptors (Lipinski definition) is 3. The molecule has 0 radical (unpaired) electrons. The van der Waals surface area contributed by atoms with Gasteiger partial charge in [-0.25, -0.2) is 0 Å². The summed E-state index contributed by atoms with van der Waals surface area (Å²) in [6.07, 6.45) is 0. The fourth-order valence-corrected chi connectivity index (χ4v) is 2.88. The van der Waals surface area contributed by atoms with Crippen molar-refractivity contribution in [1.82, 2.24) is 4.90 Å². The highest BCUT2D eigenvalue weighted by atomic mass is 32.2. The van der Waals surface area contributed by atoms with Gasteiger partial charge in [-0.2, -0.15) is 0 Å². The van der Waals surface area contributed by atoms with Crippen LogP contribution in [0.1, 0.15) is 15.9 Å². The molecule has 2 aliphatic rings. The molecule has 0 saturated heterocycles. The van der Waals surface area contributed by atoms with E-state index in [0.29, 0.717) is 0 Å². The van der Waals surface area contributed by atoms with E-state index >= 15 is 0 Å². The number of carbonyl (C=O) groups is 1. The second-order valence-corrected chi connectivity index (χ2v) is 4.73. The largest absolute Gasteiger partial charge is 0.285 e. The molecule has 0 aromatic heterocycles. The van der Waals surface area contributed by atoms with Crippen LogP contribution in [0.25, 0.3) is 0 Å². The number of benzene rings is 1. The van der Waals surface area contributed by atoms with Gasteiger partial charge in [0, 0.05) is 11.4 Å². The summed E-state index contributed by atoms with van der Waals surface area (Å²) in [5.41, 5.74) is 1.95. The molecule has 0 aliphatic carbocycles. The van der Waals surface area contributed by atoms with Gasteiger partial charge in [0.05, 0.1) is 12.1 Å². The number of carbonyl (C=O) groups excluding carboxylic acids is 1. The Balaban J connectivity index is 2.15. The fraction of sp³-hybridized carbons (Fsp3) is 0.273. The zero-order chi connectivity index (χ0) is 10.4. The first kappa shape index (κ1) is 8.97. The highest BCUT2D eigenvalue weighted by Crippen LogP contribution is 2.34. The Morgan fingerprint density at radius 1 is 1.47 bits per heavy atom. The van der Waals surface area contributed by atoms with E-state index in [9.17, 15) is 4.79 Å². The standard InChI is InChI=1S/C11H10N2OS/c1-7-2-3-9-8(6-7)10(14)13-5-4-12-11(13)15-9/h2-3,6H,4-5H2,1H3. The van der Waals surface area contributed by atoms with Crippen LogP contribution in [0.4, 0.5) is 0 Å². The van der Waals surface area contributed by atoms with E-state index in [1.807, 2.05) is 25.1 Å². The number of aryl methyl sites for hydroxylation is 1. The Bertz CT molecular complexity index is 481. The Morgan fingerprint density at radius 3 is 3.20 bits per heavy atom. The molecule has 0 fully saturated rings. The maximum atomic E-state index is 12.1. The molecular weight excluding hydrogens is 208 g/mol. The van der Waals surface area contributed by atoms with Gasteiger partial charge in [-0.05, 0) is 19.1 Å². The van der Waals surface area contributed by atoms with Gasteiger partial charge in [-0.15, -0.1) is 0 Å². The van der Waals surface area contributed by atoms with Crippen molar-refractivity contribution in [3.63, 3.8) is 0 Å². The number of amidine groups is 1. The Hall–Kier alpha value is -1.29. The van der Waals surface area contributed by atoms with Crippen molar-refractivity contribution in [2.45, 2.75) is 11.8 Å². The zero-order valence-electron chi connectivity index (χ0n) is 8.36. The zero-order valence-corrected chi connectivity index (χ0v) is 9.17. The molecule has 0 N–H and O–H groups in total. The molecule has 2 aliphatic heterocycles. The van der Waals surface area contributed by atoms with Crippen LogP contribution < -0.4 is 0 Å². The average molecular weight is 218 g/mol. The normalized spacial score (nSPS) is 18.6. The molecule has 0 unspecified atom stereocenters. The van der Waals surface area contributed by atoms with Gasteiger partial charge in [-0.1, -0.05) is 23.4 Å². The predicted octanol–water partition coefficient (Wildman–Crippen LogP) is 1.91. The summed E-state index contributed by atoms with van der Waals surface area (Å²) in [5.74, 6) is 0.101. The first-order chi connectivity index (χ1) is 7.25. The van der Waals surface area contributed by atoms with Crippen LogP contribution in [0.3, 0.4) is 0 Å². The molecule has 0 bridgehead atoms. The summed E-state index contributed by atoms with van der Waals surface area (Å²) in [5, 5.41) is 0.858. The van der Waals surface area contributed by atoms with E-state index < -0.39 is 0 Å². The molecule has 4 heteroatoms. The smallest absolute Gasteiger partial charge is 0.261 e. The highest BCUT2D eigenvalue weighted by molar-refractivity contribution is 8.14. The van der Waals surface area contributed by atoms with Crippen molar-refractivity contribution in [2.24, 2.45) is 4.99 Å².